The Hall–Kier alpha value is -1.14. The van der Waals surface area contributed by atoms with Crippen molar-refractivity contribution >= 4 is 11.9 Å². The van der Waals surface area contributed by atoms with E-state index in [9.17, 15) is 19.8 Å². The molecule has 0 saturated heterocycles. The molecule has 83 heavy (non-hydrogen) atoms. The Morgan fingerprint density at radius 1 is 0.289 bits per heavy atom. The van der Waals surface area contributed by atoms with Gasteiger partial charge in [0.15, 0.2) is 0 Å². The van der Waals surface area contributed by atoms with Gasteiger partial charge in [-0.1, -0.05) is 418 Å². The van der Waals surface area contributed by atoms with E-state index in [-0.39, 0.29) is 18.5 Å². The van der Waals surface area contributed by atoms with Gasteiger partial charge in [0.2, 0.25) is 5.91 Å². The van der Waals surface area contributed by atoms with Gasteiger partial charge in [0.1, 0.15) is 0 Å². The average molecular weight is 1170 g/mol. The molecule has 0 aliphatic heterocycles. The predicted octanol–water partition coefficient (Wildman–Crippen LogP) is 25.3. The van der Waals surface area contributed by atoms with Crippen LogP contribution in [0, 0.1) is 0 Å². The van der Waals surface area contributed by atoms with Crippen LogP contribution < -0.4 is 5.32 Å². The number of nitrogens with one attached hydrogen (secondary N) is 1. The molecule has 2 unspecified atom stereocenters. The molecule has 6 nitrogen and oxygen atoms in total. The van der Waals surface area contributed by atoms with Crippen molar-refractivity contribution in [3.05, 3.63) is 0 Å². The molecule has 496 valence electrons. The highest BCUT2D eigenvalue weighted by Gasteiger charge is 2.20. The first-order valence-electron chi connectivity index (χ1n) is 38.8. The lowest BCUT2D eigenvalue weighted by Gasteiger charge is -2.22. The van der Waals surface area contributed by atoms with E-state index in [0.717, 1.165) is 38.5 Å². The molecular weight excluding hydrogens is 1020 g/mol. The second-order valence-electron chi connectivity index (χ2n) is 27.1. The van der Waals surface area contributed by atoms with Gasteiger partial charge in [-0.05, 0) is 25.7 Å². The molecule has 0 aromatic carbocycles. The molecule has 0 fully saturated rings. The van der Waals surface area contributed by atoms with Crippen molar-refractivity contribution in [2.45, 2.75) is 469 Å². The fraction of sp³-hybridized carbons (Fsp3) is 0.974. The molecule has 0 heterocycles. The largest absolute Gasteiger partial charge is 0.466 e. The smallest absolute Gasteiger partial charge is 0.305 e. The SMILES string of the molecule is CCCCCCCCCCCCCCCCCCCC(=O)OCCCCCCCCCCCCCCCCCCCCCCCCCCCCCCCCCCC(=O)NC(CO)C(O)CCCCCCCCCCCCCCCCCCC. The predicted molar refractivity (Wildman–Crippen MR) is 366 cm³/mol. The molecular formula is C77H153NO5. The summed E-state index contributed by atoms with van der Waals surface area (Å²) in [6, 6.07) is -0.537. The number of hydrogen-bond acceptors (Lipinski definition) is 5. The van der Waals surface area contributed by atoms with Crippen LogP contribution in [0.4, 0.5) is 0 Å². The summed E-state index contributed by atoms with van der Waals surface area (Å²) in [5, 5.41) is 23.4. The molecule has 1 amide bonds. The topological polar surface area (TPSA) is 95.9 Å². The Labute approximate surface area is 521 Å². The zero-order valence-electron chi connectivity index (χ0n) is 57.0. The summed E-state index contributed by atoms with van der Waals surface area (Å²) in [7, 11) is 0. The van der Waals surface area contributed by atoms with Crippen molar-refractivity contribution in [3.8, 4) is 0 Å². The molecule has 0 rings (SSSR count). The maximum absolute atomic E-state index is 12.5. The third kappa shape index (κ3) is 69.8. The molecule has 0 aliphatic carbocycles. The summed E-state index contributed by atoms with van der Waals surface area (Å²) in [4.78, 5) is 24.6. The minimum Gasteiger partial charge on any atom is -0.466 e. The average Bonchev–Trinajstić information content (AvgIpc) is 3.49. The van der Waals surface area contributed by atoms with Gasteiger partial charge in [-0.3, -0.25) is 9.59 Å². The summed E-state index contributed by atoms with van der Waals surface area (Å²) in [6.45, 7) is 5.02. The van der Waals surface area contributed by atoms with Gasteiger partial charge in [-0.15, -0.1) is 0 Å². The number of carbonyl (C=O) groups excluding carboxylic acids is 2. The maximum Gasteiger partial charge on any atom is 0.305 e. The molecule has 6 heteroatoms. The number of esters is 1. The summed E-state index contributed by atoms with van der Waals surface area (Å²) in [6.07, 6.45) is 90.5. The van der Waals surface area contributed by atoms with Gasteiger partial charge < -0.3 is 20.3 Å². The summed E-state index contributed by atoms with van der Waals surface area (Å²) >= 11 is 0. The Bertz CT molecular complexity index is 1210. The number of aliphatic hydroxyl groups excluding tert-OH is 2. The van der Waals surface area contributed by atoms with E-state index >= 15 is 0 Å². The van der Waals surface area contributed by atoms with Gasteiger partial charge in [-0.25, -0.2) is 0 Å². The maximum atomic E-state index is 12.5. The zero-order chi connectivity index (χ0) is 59.9. The number of rotatable bonds is 74. The fourth-order valence-electron chi connectivity index (χ4n) is 12.8. The summed E-state index contributed by atoms with van der Waals surface area (Å²) < 4.78 is 5.52. The van der Waals surface area contributed by atoms with Gasteiger partial charge in [0.05, 0.1) is 25.4 Å². The number of hydrogen-bond donors (Lipinski definition) is 3. The molecule has 3 N–H and O–H groups in total. The molecule has 0 radical (unpaired) electrons. The highest BCUT2D eigenvalue weighted by Crippen LogP contribution is 2.20. The molecule has 0 spiro atoms. The quantitative estimate of drug-likeness (QED) is 0.0417. The van der Waals surface area contributed by atoms with Crippen LogP contribution in [0.15, 0.2) is 0 Å². The van der Waals surface area contributed by atoms with Gasteiger partial charge in [-0.2, -0.15) is 0 Å². The molecule has 0 bridgehead atoms. The van der Waals surface area contributed by atoms with E-state index in [0.29, 0.717) is 25.9 Å². The third-order valence-electron chi connectivity index (χ3n) is 18.7. The first-order valence-corrected chi connectivity index (χ1v) is 38.8. The number of amides is 1. The molecule has 2 atom stereocenters. The van der Waals surface area contributed by atoms with Gasteiger partial charge in [0, 0.05) is 12.8 Å². The van der Waals surface area contributed by atoms with E-state index < -0.39 is 12.1 Å². The minimum absolute atomic E-state index is 0.0255. The van der Waals surface area contributed by atoms with E-state index in [1.165, 1.54) is 385 Å². The summed E-state index contributed by atoms with van der Waals surface area (Å²) in [5.74, 6) is 0.00114. The fourth-order valence-corrected chi connectivity index (χ4v) is 12.8. The number of carbonyl (C=O) groups is 2. The Balaban J connectivity index is 3.30. The normalized spacial score (nSPS) is 12.4. The van der Waals surface area contributed by atoms with Crippen molar-refractivity contribution in [2.24, 2.45) is 0 Å². The van der Waals surface area contributed by atoms with Crippen LogP contribution in [0.5, 0.6) is 0 Å². The lowest BCUT2D eigenvalue weighted by atomic mass is 10.0. The first kappa shape index (κ1) is 81.9. The van der Waals surface area contributed by atoms with Gasteiger partial charge >= 0.3 is 5.97 Å². The molecule has 0 aliphatic rings. The van der Waals surface area contributed by atoms with Crippen molar-refractivity contribution in [1.29, 1.82) is 0 Å². The van der Waals surface area contributed by atoms with Gasteiger partial charge in [0.25, 0.3) is 0 Å². The monoisotopic (exact) mass is 1170 g/mol. The van der Waals surface area contributed by atoms with Crippen LogP contribution in [0.3, 0.4) is 0 Å². The van der Waals surface area contributed by atoms with E-state index in [4.69, 9.17) is 4.74 Å². The second kappa shape index (κ2) is 73.3. The van der Waals surface area contributed by atoms with E-state index in [1.807, 2.05) is 0 Å². The Kier molecular flexibility index (Phi) is 72.3. The van der Waals surface area contributed by atoms with Crippen LogP contribution in [-0.4, -0.2) is 47.4 Å². The lowest BCUT2D eigenvalue weighted by molar-refractivity contribution is -0.143. The molecule has 0 aromatic rings. The first-order chi connectivity index (χ1) is 41.0. The van der Waals surface area contributed by atoms with E-state index in [1.54, 1.807) is 0 Å². The van der Waals surface area contributed by atoms with Crippen LogP contribution in [0.25, 0.3) is 0 Å². The molecule has 0 aromatic heterocycles. The van der Waals surface area contributed by atoms with Crippen molar-refractivity contribution in [1.82, 2.24) is 5.32 Å². The van der Waals surface area contributed by atoms with Crippen LogP contribution in [0.2, 0.25) is 0 Å². The third-order valence-corrected chi connectivity index (χ3v) is 18.7. The van der Waals surface area contributed by atoms with Crippen molar-refractivity contribution < 1.29 is 24.5 Å². The summed E-state index contributed by atoms with van der Waals surface area (Å²) in [5.41, 5.74) is 0. The van der Waals surface area contributed by atoms with Crippen molar-refractivity contribution in [3.63, 3.8) is 0 Å². The van der Waals surface area contributed by atoms with E-state index in [2.05, 4.69) is 19.2 Å². The Morgan fingerprint density at radius 2 is 0.494 bits per heavy atom. The lowest BCUT2D eigenvalue weighted by Crippen LogP contribution is -2.45. The second-order valence-corrected chi connectivity index (χ2v) is 27.1. The Morgan fingerprint density at radius 3 is 0.735 bits per heavy atom. The minimum atomic E-state index is -0.660. The number of aliphatic hydroxyl groups is 2. The van der Waals surface area contributed by atoms with Crippen LogP contribution in [-0.2, 0) is 14.3 Å². The number of unbranched alkanes of at least 4 members (excludes halogenated alkanes) is 63. The van der Waals surface area contributed by atoms with Crippen LogP contribution in [0.1, 0.15) is 457 Å². The molecule has 0 saturated carbocycles. The number of ether oxygens (including phenoxy) is 1. The highest BCUT2D eigenvalue weighted by molar-refractivity contribution is 5.76. The standard InChI is InChI=1S/C77H153NO5/c1-3-5-7-9-11-13-15-17-19-37-41-45-49-53-57-61-65-69-75(80)74(73-79)78-76(81)70-66-62-58-54-50-46-42-39-35-33-31-29-27-25-23-21-22-24-26-28-30-32-34-36-40-44-48-52-56-60-64-68-72-83-77(82)71-67-63-59-55-51-47-43-38-20-18-16-14-12-10-8-6-4-2/h74-75,79-80H,3-73H2,1-2H3,(H,78,81). The van der Waals surface area contributed by atoms with Crippen LogP contribution >= 0.6 is 0 Å². The highest BCUT2D eigenvalue weighted by atomic mass is 16.5. The zero-order valence-corrected chi connectivity index (χ0v) is 57.0. The van der Waals surface area contributed by atoms with Crippen molar-refractivity contribution in [2.75, 3.05) is 13.2 Å².